The topological polar surface area (TPSA) is 162 Å². The van der Waals surface area contributed by atoms with E-state index in [0.717, 1.165) is 35.3 Å². The first-order valence-corrected chi connectivity index (χ1v) is 18.0. The van der Waals surface area contributed by atoms with Crippen molar-refractivity contribution in [1.82, 2.24) is 15.7 Å². The van der Waals surface area contributed by atoms with E-state index in [1.165, 1.54) is 0 Å². The molecule has 0 bridgehead atoms. The number of carbonyl (C=O) groups excluding carboxylic acids is 4. The summed E-state index contributed by atoms with van der Waals surface area (Å²) in [7, 11) is 1.61. The molecule has 6 atom stereocenters. The van der Waals surface area contributed by atoms with E-state index in [2.05, 4.69) is 29.4 Å². The molecule has 1 aliphatic carbocycles. The number of carbonyl (C=O) groups is 4. The molecule has 274 valence electrons. The molecule has 0 spiro atoms. The van der Waals surface area contributed by atoms with Crippen molar-refractivity contribution < 1.29 is 38.2 Å². The number of hydroxylamine groups is 2. The second-order valence-electron chi connectivity index (χ2n) is 13.3. The molecule has 5 rings (SSSR count). The number of hydrogen-bond acceptors (Lipinski definition) is 9. The van der Waals surface area contributed by atoms with Gasteiger partial charge in [-0.3, -0.25) is 24.0 Å². The van der Waals surface area contributed by atoms with Crippen molar-refractivity contribution in [2.24, 2.45) is 11.7 Å². The highest BCUT2D eigenvalue weighted by atomic mass is 16.7. The highest BCUT2D eigenvalue weighted by molar-refractivity contribution is 5.90. The third-order valence-electron chi connectivity index (χ3n) is 9.64. The number of hydrogen-bond donors (Lipinski definition) is 3. The van der Waals surface area contributed by atoms with Crippen LogP contribution in [0.2, 0.25) is 0 Å². The lowest BCUT2D eigenvalue weighted by atomic mass is 9.70. The second-order valence-corrected chi connectivity index (χ2v) is 13.3. The van der Waals surface area contributed by atoms with Crippen LogP contribution in [0, 0.1) is 17.8 Å². The number of esters is 1. The van der Waals surface area contributed by atoms with Gasteiger partial charge in [0.15, 0.2) is 5.60 Å². The molecule has 0 aromatic heterocycles. The molecule has 2 saturated heterocycles. The molecule has 1 saturated carbocycles. The van der Waals surface area contributed by atoms with Gasteiger partial charge < -0.3 is 30.6 Å². The Morgan fingerprint density at radius 2 is 1.73 bits per heavy atom. The zero-order valence-corrected chi connectivity index (χ0v) is 29.8. The lowest BCUT2D eigenvalue weighted by Crippen LogP contribution is -2.62. The lowest BCUT2D eigenvalue weighted by molar-refractivity contribution is -0.220. The maximum atomic E-state index is 14.3. The summed E-state index contributed by atoms with van der Waals surface area (Å²) in [5, 5.41) is 7.67. The molecule has 51 heavy (non-hydrogen) atoms. The first kappa shape index (κ1) is 37.8. The van der Waals surface area contributed by atoms with Crippen molar-refractivity contribution in [3.8, 4) is 17.6 Å². The molecule has 2 aromatic rings. The number of nitrogens with one attached hydrogen (secondary N) is 2. The van der Waals surface area contributed by atoms with Gasteiger partial charge in [-0.15, -0.1) is 0 Å². The van der Waals surface area contributed by atoms with Crippen molar-refractivity contribution >= 4 is 23.7 Å². The number of epoxide rings is 1. The van der Waals surface area contributed by atoms with E-state index in [0.29, 0.717) is 38.8 Å². The molecule has 2 heterocycles. The molecule has 12 heteroatoms. The number of nitrogens with two attached hydrogens (primary N) is 1. The lowest BCUT2D eigenvalue weighted by Gasteiger charge is -2.38. The minimum Gasteiger partial charge on any atom is -0.497 e. The summed E-state index contributed by atoms with van der Waals surface area (Å²) in [5.41, 5.74) is 6.50. The van der Waals surface area contributed by atoms with Crippen molar-refractivity contribution in [2.45, 2.75) is 108 Å². The standard InChI is InChI=1S/C39H50N4O8/c1-4-6-8-11-26-13-15-28(16-14-26)25-43-34(37(46)41-23-21-27-17-19-29(48-3)20-18-27)33-36(50-32(45)5-2)35-30(49-35)24-39(33,51-43)38(47)42-22-10-7-9-12-31(40)44/h13-20,30,33-36H,4-7,9-10,12,21-25H2,1-3H3,(H2,40,44)(H,41,46)(H,42,47)/t30-,33+,34-,35-,36-,39-/m0/s1. The number of methoxy groups -OCH3 is 1. The third kappa shape index (κ3) is 9.47. The number of amides is 3. The van der Waals surface area contributed by atoms with Gasteiger partial charge in [-0.1, -0.05) is 56.4 Å². The van der Waals surface area contributed by atoms with Crippen LogP contribution in [-0.2, 0) is 46.5 Å². The molecule has 0 radical (unpaired) electrons. The van der Waals surface area contributed by atoms with Gasteiger partial charge in [-0.05, 0) is 61.1 Å². The first-order valence-electron chi connectivity index (χ1n) is 18.0. The minimum atomic E-state index is -1.53. The Kier molecular flexibility index (Phi) is 13.1. The monoisotopic (exact) mass is 702 g/mol. The van der Waals surface area contributed by atoms with E-state index in [9.17, 15) is 19.2 Å². The van der Waals surface area contributed by atoms with Crippen LogP contribution in [0.1, 0.15) is 81.9 Å². The summed E-state index contributed by atoms with van der Waals surface area (Å²) in [6, 6.07) is 14.4. The Morgan fingerprint density at radius 1 is 0.980 bits per heavy atom. The van der Waals surface area contributed by atoms with Crippen LogP contribution in [0.3, 0.4) is 0 Å². The van der Waals surface area contributed by atoms with Gasteiger partial charge in [0.05, 0.1) is 25.7 Å². The summed E-state index contributed by atoms with van der Waals surface area (Å²) in [6.07, 6.45) is 3.24. The summed E-state index contributed by atoms with van der Waals surface area (Å²) < 4.78 is 17.2. The molecule has 2 aliphatic heterocycles. The SMILES string of the molecule is CCCC#Cc1ccc(CN2O[C@@]3(C(=O)NCCCCCC(N)=O)C[C@@H]4O[C@@H]4[C@@H](OC(=O)CC)[C@H]3[C@H]2C(=O)NCCc2ccc(OC)cc2)cc1. The van der Waals surface area contributed by atoms with Crippen LogP contribution < -0.4 is 21.1 Å². The maximum Gasteiger partial charge on any atom is 0.305 e. The van der Waals surface area contributed by atoms with E-state index in [4.69, 9.17) is 24.8 Å². The Hall–Kier alpha value is -4.44. The zero-order valence-electron chi connectivity index (χ0n) is 29.8. The zero-order chi connectivity index (χ0) is 36.4. The second kappa shape index (κ2) is 17.7. The van der Waals surface area contributed by atoms with Crippen LogP contribution in [0.15, 0.2) is 48.5 Å². The molecule has 3 aliphatic rings. The van der Waals surface area contributed by atoms with Gasteiger partial charge in [-0.2, -0.15) is 5.06 Å². The van der Waals surface area contributed by atoms with Gasteiger partial charge in [0, 0.05) is 44.3 Å². The van der Waals surface area contributed by atoms with Gasteiger partial charge in [-0.25, -0.2) is 0 Å². The maximum absolute atomic E-state index is 14.3. The fourth-order valence-corrected chi connectivity index (χ4v) is 6.92. The number of fused-ring (bicyclic) bond motifs is 2. The van der Waals surface area contributed by atoms with Gasteiger partial charge in [0.25, 0.3) is 5.91 Å². The van der Waals surface area contributed by atoms with Crippen LogP contribution in [0.5, 0.6) is 5.75 Å². The normalized spacial score (nSPS) is 24.6. The average Bonchev–Trinajstić information content (AvgIpc) is 3.82. The molecule has 4 N–H and O–H groups in total. The Balaban J connectivity index is 1.42. The molecular weight excluding hydrogens is 652 g/mol. The molecule has 12 nitrogen and oxygen atoms in total. The third-order valence-corrected chi connectivity index (χ3v) is 9.64. The van der Waals surface area contributed by atoms with E-state index >= 15 is 0 Å². The number of unbranched alkanes of at least 4 members (excludes halogenated alkanes) is 3. The van der Waals surface area contributed by atoms with Crippen LogP contribution >= 0.6 is 0 Å². The molecule has 3 amide bonds. The van der Waals surface area contributed by atoms with Crippen molar-refractivity contribution in [2.75, 3.05) is 20.2 Å². The van der Waals surface area contributed by atoms with E-state index in [1.807, 2.05) is 48.5 Å². The van der Waals surface area contributed by atoms with Crippen LogP contribution in [0.4, 0.5) is 0 Å². The Labute approximate surface area is 300 Å². The molecule has 2 aromatic carbocycles. The van der Waals surface area contributed by atoms with Gasteiger partial charge in [0.1, 0.15) is 24.0 Å². The summed E-state index contributed by atoms with van der Waals surface area (Å²) in [6.45, 7) is 4.65. The fourth-order valence-electron chi connectivity index (χ4n) is 6.92. The van der Waals surface area contributed by atoms with Crippen LogP contribution in [-0.4, -0.2) is 78.9 Å². The Morgan fingerprint density at radius 3 is 2.41 bits per heavy atom. The van der Waals surface area contributed by atoms with E-state index in [1.54, 1.807) is 19.1 Å². The quantitative estimate of drug-likeness (QED) is 0.0972. The summed E-state index contributed by atoms with van der Waals surface area (Å²) in [4.78, 5) is 59.3. The van der Waals surface area contributed by atoms with E-state index < -0.39 is 41.6 Å². The Bertz CT molecular complexity index is 1590. The number of ether oxygens (including phenoxy) is 3. The number of rotatable bonds is 17. The van der Waals surface area contributed by atoms with Gasteiger partial charge in [0.2, 0.25) is 11.8 Å². The van der Waals surface area contributed by atoms with Crippen molar-refractivity contribution in [3.05, 3.63) is 65.2 Å². The predicted molar refractivity (Wildman–Crippen MR) is 189 cm³/mol. The molecule has 3 fully saturated rings. The first-order chi connectivity index (χ1) is 24.7. The number of nitrogens with zero attached hydrogens (tertiary/aromatic N) is 1. The molecular formula is C39H50N4O8. The largest absolute Gasteiger partial charge is 0.497 e. The van der Waals surface area contributed by atoms with Crippen molar-refractivity contribution in [1.29, 1.82) is 0 Å². The number of primary amides is 1. The van der Waals surface area contributed by atoms with E-state index in [-0.39, 0.29) is 43.7 Å². The van der Waals surface area contributed by atoms with Crippen molar-refractivity contribution in [3.63, 3.8) is 0 Å². The molecule has 0 unspecified atom stereocenters. The summed E-state index contributed by atoms with van der Waals surface area (Å²) in [5.74, 6) is 4.68. The van der Waals surface area contributed by atoms with Gasteiger partial charge >= 0.3 is 5.97 Å². The fraction of sp³-hybridized carbons (Fsp3) is 0.538. The highest BCUT2D eigenvalue weighted by Gasteiger charge is 2.73. The number of benzene rings is 2. The highest BCUT2D eigenvalue weighted by Crippen LogP contribution is 2.54. The van der Waals surface area contributed by atoms with Crippen LogP contribution in [0.25, 0.3) is 0 Å². The average molecular weight is 703 g/mol. The predicted octanol–water partition coefficient (Wildman–Crippen LogP) is 3.33. The smallest absolute Gasteiger partial charge is 0.305 e. The minimum absolute atomic E-state index is 0.127. The summed E-state index contributed by atoms with van der Waals surface area (Å²) >= 11 is 0.